The van der Waals surface area contributed by atoms with Crippen molar-refractivity contribution in [3.63, 3.8) is 0 Å². The van der Waals surface area contributed by atoms with Crippen LogP contribution in [0.15, 0.2) is 47.1 Å². The Morgan fingerprint density at radius 3 is 2.78 bits per heavy atom. The Morgan fingerprint density at radius 2 is 2.06 bits per heavy atom. The van der Waals surface area contributed by atoms with Crippen LogP contribution in [0.25, 0.3) is 0 Å². The van der Waals surface area contributed by atoms with Gasteiger partial charge in [-0.25, -0.2) is 0 Å². The molecule has 0 radical (unpaired) electrons. The smallest absolute Gasteiger partial charge is 0.105 e. The molecule has 2 heteroatoms. The number of nitrogens with zero attached hydrogens (tertiary/aromatic N) is 1. The maximum Gasteiger partial charge on any atom is 0.105 e. The minimum atomic E-state index is 0.582. The Bertz CT molecular complexity index is 486. The van der Waals surface area contributed by atoms with Crippen LogP contribution in [-0.2, 0) is 6.42 Å². The van der Waals surface area contributed by atoms with E-state index in [-0.39, 0.29) is 0 Å². The van der Waals surface area contributed by atoms with Crippen LogP contribution in [0.2, 0.25) is 0 Å². The molecule has 1 fully saturated rings. The molecule has 2 nitrogen and oxygen atoms in total. The molecule has 3 rings (SSSR count). The minimum Gasteiger partial charge on any atom is -0.469 e. The number of benzene rings is 1. The van der Waals surface area contributed by atoms with Crippen molar-refractivity contribution >= 4 is 5.69 Å². The van der Waals surface area contributed by atoms with Crippen LogP contribution < -0.4 is 4.90 Å². The highest BCUT2D eigenvalue weighted by atomic mass is 16.3. The average molecular weight is 241 g/mol. The lowest BCUT2D eigenvalue weighted by atomic mass is 10.1. The van der Waals surface area contributed by atoms with Crippen LogP contribution in [-0.4, -0.2) is 12.6 Å². The second kappa shape index (κ2) is 4.89. The average Bonchev–Trinajstić information content (AvgIpc) is 3.02. The van der Waals surface area contributed by atoms with Crippen LogP contribution in [0.5, 0.6) is 0 Å². The van der Waals surface area contributed by atoms with E-state index in [4.69, 9.17) is 4.42 Å². The predicted molar refractivity (Wildman–Crippen MR) is 74.0 cm³/mol. The molecule has 1 aliphatic heterocycles. The maximum atomic E-state index is 5.47. The zero-order chi connectivity index (χ0) is 12.4. The van der Waals surface area contributed by atoms with Crippen molar-refractivity contribution in [3.05, 3.63) is 54.0 Å². The molecule has 1 atom stereocenters. The van der Waals surface area contributed by atoms with Crippen molar-refractivity contribution in [2.75, 3.05) is 11.4 Å². The molecule has 1 aromatic carbocycles. The quantitative estimate of drug-likeness (QED) is 0.812. The lowest BCUT2D eigenvalue weighted by molar-refractivity contribution is 0.483. The molecule has 1 aliphatic rings. The van der Waals surface area contributed by atoms with Gasteiger partial charge in [0.2, 0.25) is 0 Å². The lowest BCUT2D eigenvalue weighted by Crippen LogP contribution is -2.30. The number of aryl methyl sites for hydroxylation is 1. The third-order valence-corrected chi connectivity index (χ3v) is 3.76. The van der Waals surface area contributed by atoms with E-state index in [0.29, 0.717) is 6.04 Å². The van der Waals surface area contributed by atoms with E-state index in [0.717, 1.165) is 18.7 Å². The molecule has 0 spiro atoms. The highest BCUT2D eigenvalue weighted by Gasteiger charge is 2.25. The van der Waals surface area contributed by atoms with Crippen molar-refractivity contribution in [2.45, 2.75) is 32.2 Å². The van der Waals surface area contributed by atoms with E-state index >= 15 is 0 Å². The van der Waals surface area contributed by atoms with Crippen molar-refractivity contribution in [1.29, 1.82) is 0 Å². The van der Waals surface area contributed by atoms with Crippen LogP contribution in [0.1, 0.15) is 24.2 Å². The Balaban J connectivity index is 1.76. The number of rotatable bonds is 3. The molecular formula is C16H19NO. The van der Waals surface area contributed by atoms with Crippen LogP contribution >= 0.6 is 0 Å². The molecule has 0 bridgehead atoms. The number of hydrogen-bond donors (Lipinski definition) is 0. The summed E-state index contributed by atoms with van der Waals surface area (Å²) in [7, 11) is 0. The van der Waals surface area contributed by atoms with Gasteiger partial charge in [0.25, 0.3) is 0 Å². The predicted octanol–water partition coefficient (Wildman–Crippen LogP) is 3.80. The Hall–Kier alpha value is -1.70. The largest absolute Gasteiger partial charge is 0.469 e. The monoisotopic (exact) mass is 241 g/mol. The third-order valence-electron chi connectivity index (χ3n) is 3.76. The molecular weight excluding hydrogens is 222 g/mol. The third kappa shape index (κ3) is 2.28. The van der Waals surface area contributed by atoms with Gasteiger partial charge in [0.1, 0.15) is 5.76 Å². The van der Waals surface area contributed by atoms with E-state index in [2.05, 4.69) is 42.2 Å². The summed E-state index contributed by atoms with van der Waals surface area (Å²) >= 11 is 0. The van der Waals surface area contributed by atoms with Gasteiger partial charge in [0, 0.05) is 24.7 Å². The highest BCUT2D eigenvalue weighted by molar-refractivity contribution is 5.49. The zero-order valence-electron chi connectivity index (χ0n) is 10.8. The summed E-state index contributed by atoms with van der Waals surface area (Å²) in [6.45, 7) is 3.29. The van der Waals surface area contributed by atoms with Crippen molar-refractivity contribution in [1.82, 2.24) is 0 Å². The second-order valence-electron chi connectivity index (χ2n) is 5.11. The summed E-state index contributed by atoms with van der Waals surface area (Å²) in [5, 5.41) is 0. The molecule has 0 aliphatic carbocycles. The van der Waals surface area contributed by atoms with E-state index in [1.165, 1.54) is 24.1 Å². The molecule has 94 valence electrons. The standard InChI is InChI=1S/C16H19NO/c1-13-6-8-14(9-7-13)17-10-2-4-15(17)12-16-5-3-11-18-16/h3,5-9,11,15H,2,4,10,12H2,1H3. The molecule has 1 unspecified atom stereocenters. The fourth-order valence-corrected chi connectivity index (χ4v) is 2.79. The number of hydrogen-bond acceptors (Lipinski definition) is 2. The summed E-state index contributed by atoms with van der Waals surface area (Å²) in [4.78, 5) is 2.52. The van der Waals surface area contributed by atoms with Crippen molar-refractivity contribution < 1.29 is 4.42 Å². The van der Waals surface area contributed by atoms with E-state index in [1.54, 1.807) is 6.26 Å². The van der Waals surface area contributed by atoms with Gasteiger partial charge in [-0.3, -0.25) is 0 Å². The Kier molecular flexibility index (Phi) is 3.09. The van der Waals surface area contributed by atoms with Crippen LogP contribution in [0.4, 0.5) is 5.69 Å². The summed E-state index contributed by atoms with van der Waals surface area (Å²) < 4.78 is 5.47. The summed E-state index contributed by atoms with van der Waals surface area (Å²) in [6.07, 6.45) is 5.31. The van der Waals surface area contributed by atoms with Gasteiger partial charge in [0.05, 0.1) is 6.26 Å². The van der Waals surface area contributed by atoms with E-state index in [1.807, 2.05) is 6.07 Å². The minimum absolute atomic E-state index is 0.582. The Morgan fingerprint density at radius 1 is 1.22 bits per heavy atom. The maximum absolute atomic E-state index is 5.47. The highest BCUT2D eigenvalue weighted by Crippen LogP contribution is 2.27. The van der Waals surface area contributed by atoms with E-state index in [9.17, 15) is 0 Å². The molecule has 0 saturated carbocycles. The van der Waals surface area contributed by atoms with Crippen LogP contribution in [0, 0.1) is 6.92 Å². The molecule has 0 amide bonds. The number of anilines is 1. The first kappa shape index (κ1) is 11.4. The first-order valence-electron chi connectivity index (χ1n) is 6.68. The van der Waals surface area contributed by atoms with Gasteiger partial charge in [0.15, 0.2) is 0 Å². The SMILES string of the molecule is Cc1ccc(N2CCCC2Cc2ccco2)cc1. The molecule has 0 N–H and O–H groups in total. The van der Waals surface area contributed by atoms with Gasteiger partial charge in [-0.2, -0.15) is 0 Å². The zero-order valence-corrected chi connectivity index (χ0v) is 10.8. The van der Waals surface area contributed by atoms with Crippen molar-refractivity contribution in [3.8, 4) is 0 Å². The van der Waals surface area contributed by atoms with Gasteiger partial charge in [-0.05, 0) is 44.0 Å². The normalized spacial score (nSPS) is 19.4. The summed E-state index contributed by atoms with van der Waals surface area (Å²) in [5.41, 5.74) is 2.66. The fraction of sp³-hybridized carbons (Fsp3) is 0.375. The molecule has 18 heavy (non-hydrogen) atoms. The van der Waals surface area contributed by atoms with Gasteiger partial charge < -0.3 is 9.32 Å². The Labute approximate surface area is 108 Å². The van der Waals surface area contributed by atoms with E-state index < -0.39 is 0 Å². The topological polar surface area (TPSA) is 16.4 Å². The van der Waals surface area contributed by atoms with Crippen LogP contribution in [0.3, 0.4) is 0 Å². The lowest BCUT2D eigenvalue weighted by Gasteiger charge is -2.26. The molecule has 1 saturated heterocycles. The molecule has 2 heterocycles. The first-order valence-corrected chi connectivity index (χ1v) is 6.68. The molecule has 2 aromatic rings. The summed E-state index contributed by atoms with van der Waals surface area (Å²) in [5.74, 6) is 1.10. The van der Waals surface area contributed by atoms with Gasteiger partial charge >= 0.3 is 0 Å². The van der Waals surface area contributed by atoms with Crippen molar-refractivity contribution in [2.24, 2.45) is 0 Å². The second-order valence-corrected chi connectivity index (χ2v) is 5.11. The fourth-order valence-electron chi connectivity index (χ4n) is 2.79. The van der Waals surface area contributed by atoms with Gasteiger partial charge in [-0.1, -0.05) is 17.7 Å². The summed E-state index contributed by atoms with van der Waals surface area (Å²) in [6, 6.07) is 13.5. The van der Waals surface area contributed by atoms with Gasteiger partial charge in [-0.15, -0.1) is 0 Å². The molecule has 1 aromatic heterocycles. The first-order chi connectivity index (χ1) is 8.83. The number of furan rings is 1.